The molecule has 4 N–H and O–H groups in total. The third kappa shape index (κ3) is 5.09. The Morgan fingerprint density at radius 3 is 2.94 bits per heavy atom. The molecule has 0 aromatic carbocycles. The van der Waals surface area contributed by atoms with Crippen molar-refractivity contribution in [3.63, 3.8) is 0 Å². The number of rotatable bonds is 7. The SMILES string of the molecule is CSCC[C@H](NC(=O)NCc1cn[nH]c1)C(=O)O. The van der Waals surface area contributed by atoms with Gasteiger partial charge in [0.2, 0.25) is 0 Å². The van der Waals surface area contributed by atoms with Gasteiger partial charge < -0.3 is 15.7 Å². The van der Waals surface area contributed by atoms with Gasteiger partial charge in [0.05, 0.1) is 6.20 Å². The summed E-state index contributed by atoms with van der Waals surface area (Å²) in [7, 11) is 0. The van der Waals surface area contributed by atoms with Gasteiger partial charge in [0.25, 0.3) is 0 Å². The van der Waals surface area contributed by atoms with Gasteiger partial charge in [0, 0.05) is 18.3 Å². The van der Waals surface area contributed by atoms with Crippen molar-refractivity contribution >= 4 is 23.8 Å². The Labute approximate surface area is 109 Å². The van der Waals surface area contributed by atoms with Crippen molar-refractivity contribution < 1.29 is 14.7 Å². The van der Waals surface area contributed by atoms with Crippen molar-refractivity contribution in [3.8, 4) is 0 Å². The fraction of sp³-hybridized carbons (Fsp3) is 0.500. The van der Waals surface area contributed by atoms with Gasteiger partial charge in [-0.25, -0.2) is 9.59 Å². The van der Waals surface area contributed by atoms with Crippen LogP contribution in [0.4, 0.5) is 4.79 Å². The van der Waals surface area contributed by atoms with E-state index in [4.69, 9.17) is 5.11 Å². The summed E-state index contributed by atoms with van der Waals surface area (Å²) in [5.74, 6) is -0.346. The number of hydrogen-bond acceptors (Lipinski definition) is 4. The lowest BCUT2D eigenvalue weighted by Gasteiger charge is -2.14. The summed E-state index contributed by atoms with van der Waals surface area (Å²) in [5.41, 5.74) is 0.820. The molecule has 1 aromatic rings. The first-order valence-electron chi connectivity index (χ1n) is 5.37. The lowest BCUT2D eigenvalue weighted by atomic mass is 10.2. The molecule has 0 aliphatic rings. The first-order valence-corrected chi connectivity index (χ1v) is 6.76. The Bertz CT molecular complexity index is 382. The number of aliphatic carboxylic acids is 1. The number of nitrogens with one attached hydrogen (secondary N) is 3. The average molecular weight is 272 g/mol. The number of urea groups is 1. The Balaban J connectivity index is 2.34. The van der Waals surface area contributed by atoms with Crippen LogP contribution in [0.25, 0.3) is 0 Å². The van der Waals surface area contributed by atoms with Gasteiger partial charge in [0.1, 0.15) is 6.04 Å². The van der Waals surface area contributed by atoms with Crippen LogP contribution in [0.3, 0.4) is 0 Å². The molecule has 0 unspecified atom stereocenters. The maximum absolute atomic E-state index is 11.5. The van der Waals surface area contributed by atoms with E-state index in [2.05, 4.69) is 20.8 Å². The molecule has 1 heterocycles. The number of amides is 2. The first-order chi connectivity index (χ1) is 8.63. The number of nitrogens with zero attached hydrogens (tertiary/aromatic N) is 1. The maximum Gasteiger partial charge on any atom is 0.326 e. The van der Waals surface area contributed by atoms with Gasteiger partial charge in [-0.2, -0.15) is 16.9 Å². The van der Waals surface area contributed by atoms with E-state index in [1.807, 2.05) is 6.26 Å². The number of hydrogen-bond donors (Lipinski definition) is 4. The predicted molar refractivity (Wildman–Crippen MR) is 68.4 cm³/mol. The molecule has 0 radical (unpaired) electrons. The van der Waals surface area contributed by atoms with Crippen LogP contribution in [0.2, 0.25) is 0 Å². The fourth-order valence-electron chi connectivity index (χ4n) is 1.26. The summed E-state index contributed by atoms with van der Waals surface area (Å²) in [6.45, 7) is 0.303. The number of thioether (sulfide) groups is 1. The summed E-state index contributed by atoms with van der Waals surface area (Å²) >= 11 is 1.54. The molecule has 8 heteroatoms. The highest BCUT2D eigenvalue weighted by atomic mass is 32.2. The van der Waals surface area contributed by atoms with Crippen LogP contribution in [-0.2, 0) is 11.3 Å². The summed E-state index contributed by atoms with van der Waals surface area (Å²) in [6.07, 6.45) is 5.53. The van der Waals surface area contributed by atoms with E-state index in [-0.39, 0.29) is 0 Å². The third-order valence-electron chi connectivity index (χ3n) is 2.22. The zero-order valence-corrected chi connectivity index (χ0v) is 10.8. The fourth-order valence-corrected chi connectivity index (χ4v) is 1.73. The van der Waals surface area contributed by atoms with Crippen molar-refractivity contribution in [1.82, 2.24) is 20.8 Å². The highest BCUT2D eigenvalue weighted by Gasteiger charge is 2.18. The maximum atomic E-state index is 11.5. The molecule has 0 aliphatic carbocycles. The summed E-state index contributed by atoms with van der Waals surface area (Å²) in [5, 5.41) is 20.3. The zero-order chi connectivity index (χ0) is 13.4. The van der Waals surface area contributed by atoms with Gasteiger partial charge in [0.15, 0.2) is 0 Å². The lowest BCUT2D eigenvalue weighted by Crippen LogP contribution is -2.46. The Hall–Kier alpha value is -1.70. The molecule has 0 spiro atoms. The highest BCUT2D eigenvalue weighted by Crippen LogP contribution is 2.01. The van der Waals surface area contributed by atoms with Crippen LogP contribution in [0.15, 0.2) is 12.4 Å². The Morgan fingerprint density at radius 2 is 2.39 bits per heavy atom. The number of aromatic nitrogens is 2. The molecule has 7 nitrogen and oxygen atoms in total. The molecule has 2 amide bonds. The normalized spacial score (nSPS) is 11.8. The van der Waals surface area contributed by atoms with Crippen LogP contribution in [0.1, 0.15) is 12.0 Å². The van der Waals surface area contributed by atoms with E-state index in [9.17, 15) is 9.59 Å². The largest absolute Gasteiger partial charge is 0.480 e. The quantitative estimate of drug-likeness (QED) is 0.575. The van der Waals surface area contributed by atoms with E-state index in [1.54, 1.807) is 12.4 Å². The molecule has 0 aliphatic heterocycles. The van der Waals surface area contributed by atoms with Crippen LogP contribution < -0.4 is 10.6 Å². The third-order valence-corrected chi connectivity index (χ3v) is 2.87. The molecular formula is C10H16N4O3S. The molecule has 0 bridgehead atoms. The van der Waals surface area contributed by atoms with Crippen LogP contribution in [-0.4, -0.2) is 45.4 Å². The molecular weight excluding hydrogens is 256 g/mol. The first kappa shape index (κ1) is 14.4. The smallest absolute Gasteiger partial charge is 0.326 e. The Morgan fingerprint density at radius 1 is 1.61 bits per heavy atom. The second-order valence-corrected chi connectivity index (χ2v) is 4.59. The lowest BCUT2D eigenvalue weighted by molar-refractivity contribution is -0.139. The summed E-state index contributed by atoms with van der Waals surface area (Å²) in [6, 6.07) is -1.36. The zero-order valence-electron chi connectivity index (χ0n) is 9.97. The molecule has 0 saturated heterocycles. The van der Waals surface area contributed by atoms with Crippen molar-refractivity contribution in [1.29, 1.82) is 0 Å². The summed E-state index contributed by atoms with van der Waals surface area (Å²) < 4.78 is 0. The second kappa shape index (κ2) is 7.59. The van der Waals surface area contributed by atoms with Crippen LogP contribution in [0.5, 0.6) is 0 Å². The molecule has 1 aromatic heterocycles. The van der Waals surface area contributed by atoms with E-state index in [0.717, 1.165) is 5.56 Å². The van der Waals surface area contributed by atoms with E-state index >= 15 is 0 Å². The Kier molecular flexibility index (Phi) is 6.06. The predicted octanol–water partition coefficient (Wildman–Crippen LogP) is 0.415. The number of carbonyl (C=O) groups is 2. The standard InChI is InChI=1S/C10H16N4O3S/c1-18-3-2-8(9(15)16)14-10(17)11-4-7-5-12-13-6-7/h5-6,8H,2-4H2,1H3,(H,12,13)(H,15,16)(H2,11,14,17)/t8-/m0/s1. The van der Waals surface area contributed by atoms with Crippen LogP contribution in [0, 0.1) is 0 Å². The molecule has 1 atom stereocenters. The van der Waals surface area contributed by atoms with Crippen molar-refractivity contribution in [2.45, 2.75) is 19.0 Å². The molecule has 0 saturated carbocycles. The minimum Gasteiger partial charge on any atom is -0.480 e. The van der Waals surface area contributed by atoms with Crippen molar-refractivity contribution in [2.75, 3.05) is 12.0 Å². The average Bonchev–Trinajstić information content (AvgIpc) is 2.84. The second-order valence-electron chi connectivity index (χ2n) is 3.61. The van der Waals surface area contributed by atoms with Gasteiger partial charge in [-0.3, -0.25) is 5.10 Å². The minimum absolute atomic E-state index is 0.303. The van der Waals surface area contributed by atoms with Crippen molar-refractivity contribution in [3.05, 3.63) is 18.0 Å². The number of aromatic amines is 1. The number of carboxylic acids is 1. The molecule has 1 rings (SSSR count). The molecule has 0 fully saturated rings. The van der Waals surface area contributed by atoms with E-state index < -0.39 is 18.0 Å². The van der Waals surface area contributed by atoms with Gasteiger partial charge in [-0.05, 0) is 18.4 Å². The topological polar surface area (TPSA) is 107 Å². The minimum atomic E-state index is -1.03. The molecule has 18 heavy (non-hydrogen) atoms. The van der Waals surface area contributed by atoms with Gasteiger partial charge in [-0.1, -0.05) is 0 Å². The van der Waals surface area contributed by atoms with Gasteiger partial charge in [-0.15, -0.1) is 0 Å². The monoisotopic (exact) mass is 272 g/mol. The van der Waals surface area contributed by atoms with Crippen LogP contribution >= 0.6 is 11.8 Å². The number of H-pyrrole nitrogens is 1. The number of carboxylic acid groups (broad SMARTS) is 1. The van der Waals surface area contributed by atoms with E-state index in [1.165, 1.54) is 11.8 Å². The number of carbonyl (C=O) groups excluding carboxylic acids is 1. The summed E-state index contributed by atoms with van der Waals surface area (Å²) in [4.78, 5) is 22.4. The molecule has 100 valence electrons. The van der Waals surface area contributed by atoms with E-state index in [0.29, 0.717) is 18.7 Å². The van der Waals surface area contributed by atoms with Gasteiger partial charge >= 0.3 is 12.0 Å². The highest BCUT2D eigenvalue weighted by molar-refractivity contribution is 7.98. The van der Waals surface area contributed by atoms with Crippen molar-refractivity contribution in [2.24, 2.45) is 0 Å².